The van der Waals surface area contributed by atoms with E-state index in [1.807, 2.05) is 0 Å². The smallest absolute Gasteiger partial charge is 0.0728 e. The molecule has 366 valence electrons. The van der Waals surface area contributed by atoms with E-state index in [9.17, 15) is 0 Å². The van der Waals surface area contributed by atoms with Crippen molar-refractivity contribution in [2.24, 2.45) is 0 Å². The molecule has 0 atom stereocenters. The molecule has 0 amide bonds. The molecule has 8 heterocycles. The molecule has 4 saturated carbocycles. The molecule has 0 unspecified atom stereocenters. The summed E-state index contributed by atoms with van der Waals surface area (Å²) < 4.78 is 5.42. The van der Waals surface area contributed by atoms with Crippen LogP contribution in [0.1, 0.15) is 228 Å². The SMILES string of the molecule is CC12CCC(C)(CC1)c1c2ncc2c1c1cc3c(c4c5c6c(ncc5n2c14)C1(C)CCC6(C)CC1)C(C)(C)c1c-3cc2c3c4c(ncc3n3c5cnc6c(c5c1c23)C1(C)CCC6(C)CC1)C1(C)CCC4(C)CC1. The van der Waals surface area contributed by atoms with Crippen LogP contribution in [0.4, 0.5) is 0 Å². The van der Waals surface area contributed by atoms with Crippen molar-refractivity contribution < 1.29 is 0 Å². The third-order valence-corrected chi connectivity index (χ3v) is 25.4. The Morgan fingerprint density at radius 1 is 0.301 bits per heavy atom. The predicted molar refractivity (Wildman–Crippen MR) is 297 cm³/mol. The Labute approximate surface area is 427 Å². The molecule has 0 aliphatic heterocycles. The van der Waals surface area contributed by atoms with Gasteiger partial charge in [0, 0.05) is 70.2 Å². The number of benzene rings is 2. The van der Waals surface area contributed by atoms with Gasteiger partial charge in [-0.2, -0.15) is 0 Å². The van der Waals surface area contributed by atoms with Gasteiger partial charge in [0.25, 0.3) is 0 Å². The van der Waals surface area contributed by atoms with Crippen LogP contribution in [0.5, 0.6) is 0 Å². The lowest BCUT2D eigenvalue weighted by molar-refractivity contribution is 0.184. The maximum absolute atomic E-state index is 5.66. The Kier molecular flexibility index (Phi) is 6.40. The van der Waals surface area contributed by atoms with Gasteiger partial charge in [-0.05, 0) is 181 Å². The first-order chi connectivity index (χ1) is 34.8. The zero-order chi connectivity index (χ0) is 49.1. The van der Waals surface area contributed by atoms with Crippen LogP contribution in [0.3, 0.4) is 0 Å². The van der Waals surface area contributed by atoms with Gasteiger partial charge in [0.2, 0.25) is 0 Å². The van der Waals surface area contributed by atoms with Gasteiger partial charge in [-0.3, -0.25) is 19.9 Å². The summed E-state index contributed by atoms with van der Waals surface area (Å²) in [4.78, 5) is 22.6. The van der Waals surface area contributed by atoms with Crippen molar-refractivity contribution in [3.8, 4) is 11.1 Å². The number of rotatable bonds is 0. The lowest BCUT2D eigenvalue weighted by Crippen LogP contribution is -2.45. The Balaban J connectivity index is 1.06. The van der Waals surface area contributed by atoms with Crippen LogP contribution in [-0.4, -0.2) is 28.7 Å². The summed E-state index contributed by atoms with van der Waals surface area (Å²) in [6.45, 7) is 25.8. The molecule has 23 rings (SSSR count). The zero-order valence-corrected chi connectivity index (χ0v) is 45.0. The average Bonchev–Trinajstić information content (AvgIpc) is 4.15. The van der Waals surface area contributed by atoms with E-state index < -0.39 is 0 Å². The van der Waals surface area contributed by atoms with Crippen molar-refractivity contribution in [3.63, 3.8) is 0 Å². The fourth-order valence-electron chi connectivity index (χ4n) is 20.5. The molecule has 0 saturated heterocycles. The van der Waals surface area contributed by atoms with E-state index in [1.54, 1.807) is 33.4 Å². The van der Waals surface area contributed by atoms with Gasteiger partial charge in [-0.25, -0.2) is 0 Å². The number of hydrogen-bond donors (Lipinski definition) is 0. The fraction of sp³-hybridized carbons (Fsp3) is 0.522. The van der Waals surface area contributed by atoms with Crippen molar-refractivity contribution in [2.45, 2.75) is 221 Å². The standard InChI is InChI=1S/C67H68N6/c1-59(2)47-33(27-35-41-37(29-68-55-49(41)60(3)11-19-64(55,7)20-12-60)72-39-31-70-57-51(43(39)45(47)53(35)72)62(5)15-23-66(57,9)24-16-62)34-28-36-42-38(30-69-56-50(42)61(4)13-21-65(56,8)22-14-61)73-40-32-71-58-52(44(40)46(48(34)59)54(36)73)63(6)17-25-67(58,10)26-18-63/h27-32H,11-26H2,1-10H3. The van der Waals surface area contributed by atoms with Crippen molar-refractivity contribution >= 4 is 76.2 Å². The highest BCUT2D eigenvalue weighted by atomic mass is 15.0. The van der Waals surface area contributed by atoms with Crippen LogP contribution in [0, 0.1) is 0 Å². The monoisotopic (exact) mass is 957 g/mol. The maximum Gasteiger partial charge on any atom is 0.0728 e. The molecule has 0 radical (unpaired) electrons. The van der Waals surface area contributed by atoms with Gasteiger partial charge in [0.15, 0.2) is 0 Å². The third-order valence-electron chi connectivity index (χ3n) is 25.4. The van der Waals surface area contributed by atoms with Gasteiger partial charge in [0.05, 0.1) is 80.7 Å². The molecular formula is C67H68N6. The molecule has 4 fully saturated rings. The van der Waals surface area contributed by atoms with E-state index in [2.05, 4.69) is 115 Å². The van der Waals surface area contributed by atoms with Crippen LogP contribution in [0.15, 0.2) is 36.9 Å². The van der Waals surface area contributed by atoms with Crippen LogP contribution in [-0.2, 0) is 48.7 Å². The third kappa shape index (κ3) is 4.04. The maximum atomic E-state index is 5.66. The van der Waals surface area contributed by atoms with Crippen LogP contribution in [0.25, 0.3) is 87.3 Å². The van der Waals surface area contributed by atoms with E-state index in [0.29, 0.717) is 0 Å². The molecule has 73 heavy (non-hydrogen) atoms. The second kappa shape index (κ2) is 11.4. The number of pyridine rings is 4. The minimum absolute atomic E-state index is 0.0865. The number of fused-ring (bicyclic) bond motifs is 25. The highest BCUT2D eigenvalue weighted by molar-refractivity contribution is 6.32. The second-order valence-corrected chi connectivity index (χ2v) is 29.9. The van der Waals surface area contributed by atoms with Crippen molar-refractivity contribution in [2.75, 3.05) is 0 Å². The van der Waals surface area contributed by atoms with Crippen molar-refractivity contribution in [1.29, 1.82) is 0 Å². The highest BCUT2D eigenvalue weighted by Gasteiger charge is 2.56. The highest BCUT2D eigenvalue weighted by Crippen LogP contribution is 2.67. The van der Waals surface area contributed by atoms with E-state index >= 15 is 0 Å². The number of nitrogens with zero attached hydrogens (tertiary/aromatic N) is 6. The number of aromatic nitrogens is 6. The van der Waals surface area contributed by atoms with Gasteiger partial charge in [0.1, 0.15) is 0 Å². The Morgan fingerprint density at radius 3 is 0.836 bits per heavy atom. The van der Waals surface area contributed by atoms with Crippen LogP contribution >= 0.6 is 0 Å². The Bertz CT molecular complexity index is 4090. The van der Waals surface area contributed by atoms with Gasteiger partial charge >= 0.3 is 0 Å². The Morgan fingerprint density at radius 2 is 0.548 bits per heavy atom. The summed E-state index contributed by atoms with van der Waals surface area (Å²) in [7, 11) is 0. The summed E-state index contributed by atoms with van der Waals surface area (Å²) in [5.74, 6) is 0. The molecule has 13 aliphatic carbocycles. The summed E-state index contributed by atoms with van der Waals surface area (Å²) in [5, 5.41) is 11.9. The molecule has 10 aromatic rings. The van der Waals surface area contributed by atoms with E-state index in [1.165, 1.54) is 213 Å². The summed E-state index contributed by atoms with van der Waals surface area (Å²) in [5.41, 5.74) is 26.4. The normalized spacial score (nSPS) is 36.0. The lowest BCUT2D eigenvalue weighted by atomic mass is 9.53. The van der Waals surface area contributed by atoms with E-state index in [0.717, 1.165) is 0 Å². The first-order valence-corrected chi connectivity index (χ1v) is 29.0. The average molecular weight is 957 g/mol. The van der Waals surface area contributed by atoms with Crippen LogP contribution < -0.4 is 0 Å². The minimum Gasteiger partial charge on any atom is -0.305 e. The fourth-order valence-corrected chi connectivity index (χ4v) is 20.5. The van der Waals surface area contributed by atoms with Crippen molar-refractivity contribution in [3.05, 3.63) is 93.1 Å². The molecular weight excluding hydrogens is 889 g/mol. The predicted octanol–water partition coefficient (Wildman–Crippen LogP) is 16.3. The molecule has 0 spiro atoms. The molecule has 8 bridgehead atoms. The van der Waals surface area contributed by atoms with Gasteiger partial charge in [-0.15, -0.1) is 0 Å². The molecule has 8 aromatic heterocycles. The van der Waals surface area contributed by atoms with E-state index in [4.69, 9.17) is 19.9 Å². The molecule has 0 N–H and O–H groups in total. The molecule has 6 heteroatoms. The van der Waals surface area contributed by atoms with Crippen molar-refractivity contribution in [1.82, 2.24) is 28.7 Å². The summed E-state index contributed by atoms with van der Waals surface area (Å²) in [6.07, 6.45) is 29.0. The quantitative estimate of drug-likeness (QED) is 0.152. The van der Waals surface area contributed by atoms with Crippen LogP contribution in [0.2, 0.25) is 0 Å². The van der Waals surface area contributed by atoms with Gasteiger partial charge < -0.3 is 8.80 Å². The van der Waals surface area contributed by atoms with E-state index in [-0.39, 0.29) is 48.7 Å². The summed E-state index contributed by atoms with van der Waals surface area (Å²) >= 11 is 0. The van der Waals surface area contributed by atoms with Gasteiger partial charge in [-0.1, -0.05) is 69.2 Å². The Hall–Kier alpha value is -5.36. The first-order valence-electron chi connectivity index (χ1n) is 29.0. The molecule has 6 nitrogen and oxygen atoms in total. The minimum atomic E-state index is -0.320. The molecule has 13 aliphatic rings. The topological polar surface area (TPSA) is 60.4 Å². The molecule has 2 aromatic carbocycles. The largest absolute Gasteiger partial charge is 0.305 e. The second-order valence-electron chi connectivity index (χ2n) is 29.9. The zero-order valence-electron chi connectivity index (χ0n) is 45.0. The lowest BCUT2D eigenvalue weighted by Gasteiger charge is -2.51. The summed E-state index contributed by atoms with van der Waals surface area (Å²) in [6, 6.07) is 5.52. The first kappa shape index (κ1) is 41.0. The number of hydrogen-bond acceptors (Lipinski definition) is 4.